The van der Waals surface area contributed by atoms with Crippen molar-refractivity contribution < 1.29 is 9.53 Å². The number of hydrogen-bond acceptors (Lipinski definition) is 3. The number of ketones is 1. The average molecular weight is 339 g/mol. The number of benzene rings is 1. The minimum absolute atomic E-state index is 0.0895. The quantitative estimate of drug-likeness (QED) is 0.782. The minimum atomic E-state index is -0.167. The van der Waals surface area contributed by atoms with Crippen LogP contribution in [0.15, 0.2) is 29.8 Å². The molecule has 2 bridgehead atoms. The predicted octanol–water partition coefficient (Wildman–Crippen LogP) is 3.93. The van der Waals surface area contributed by atoms with Gasteiger partial charge in [-0.25, -0.2) is 0 Å². The van der Waals surface area contributed by atoms with Gasteiger partial charge in [-0.1, -0.05) is 45.0 Å². The molecule has 0 spiro atoms. The molecule has 3 aliphatic rings. The zero-order chi connectivity index (χ0) is 17.7. The first-order valence-corrected chi connectivity index (χ1v) is 9.57. The zero-order valence-electron chi connectivity index (χ0n) is 15.7. The van der Waals surface area contributed by atoms with E-state index in [1.165, 1.54) is 5.56 Å². The van der Waals surface area contributed by atoms with Crippen LogP contribution in [0, 0.1) is 16.7 Å². The Morgan fingerprint density at radius 3 is 2.44 bits per heavy atom. The maximum absolute atomic E-state index is 13.0. The monoisotopic (exact) mass is 339 g/mol. The minimum Gasteiger partial charge on any atom is -0.379 e. The van der Waals surface area contributed by atoms with Crippen LogP contribution < -0.4 is 0 Å². The number of morpholine rings is 1. The second-order valence-corrected chi connectivity index (χ2v) is 8.70. The summed E-state index contributed by atoms with van der Waals surface area (Å²) >= 11 is 0. The maximum atomic E-state index is 13.0. The normalized spacial score (nSPS) is 33.3. The Bertz CT molecular complexity index is 697. The van der Waals surface area contributed by atoms with E-state index in [2.05, 4.69) is 56.0 Å². The second-order valence-electron chi connectivity index (χ2n) is 8.70. The van der Waals surface area contributed by atoms with Gasteiger partial charge < -0.3 is 4.74 Å². The molecule has 0 aromatic heterocycles. The maximum Gasteiger partial charge on any atom is 0.165 e. The Kier molecular flexibility index (Phi) is 4.12. The van der Waals surface area contributed by atoms with Crippen molar-refractivity contribution in [2.24, 2.45) is 16.7 Å². The highest BCUT2D eigenvalue weighted by Gasteiger charge is 2.63. The van der Waals surface area contributed by atoms with Gasteiger partial charge >= 0.3 is 0 Å². The molecule has 2 atom stereocenters. The molecule has 0 N–H and O–H groups in total. The van der Waals surface area contributed by atoms with E-state index < -0.39 is 0 Å². The topological polar surface area (TPSA) is 29.5 Å². The number of carbonyl (C=O) groups excluding carboxylic acids is 1. The Balaban J connectivity index is 1.51. The van der Waals surface area contributed by atoms with Crippen LogP contribution in [0.1, 0.15) is 44.7 Å². The van der Waals surface area contributed by atoms with Gasteiger partial charge in [-0.15, -0.1) is 0 Å². The summed E-state index contributed by atoms with van der Waals surface area (Å²) in [6.45, 7) is 11.4. The largest absolute Gasteiger partial charge is 0.379 e. The van der Waals surface area contributed by atoms with E-state index in [1.54, 1.807) is 0 Å². The van der Waals surface area contributed by atoms with Gasteiger partial charge in [-0.3, -0.25) is 9.69 Å². The van der Waals surface area contributed by atoms with E-state index >= 15 is 0 Å². The molecule has 3 heteroatoms. The molecular formula is C22H29NO2. The molecule has 1 heterocycles. The highest BCUT2D eigenvalue weighted by molar-refractivity contribution is 6.07. The molecule has 3 nitrogen and oxygen atoms in total. The van der Waals surface area contributed by atoms with Gasteiger partial charge in [-0.2, -0.15) is 0 Å². The number of ether oxygens (including phenoxy) is 1. The van der Waals surface area contributed by atoms with Crippen LogP contribution in [-0.2, 0) is 16.1 Å². The van der Waals surface area contributed by atoms with Crippen LogP contribution in [0.5, 0.6) is 0 Å². The van der Waals surface area contributed by atoms with Crippen molar-refractivity contribution in [1.82, 2.24) is 4.90 Å². The van der Waals surface area contributed by atoms with Gasteiger partial charge in [-0.05, 0) is 47.0 Å². The van der Waals surface area contributed by atoms with E-state index in [0.29, 0.717) is 11.7 Å². The smallest absolute Gasteiger partial charge is 0.165 e. The summed E-state index contributed by atoms with van der Waals surface area (Å²) in [5, 5.41) is 0. The van der Waals surface area contributed by atoms with Crippen LogP contribution >= 0.6 is 0 Å². The van der Waals surface area contributed by atoms with Crippen LogP contribution in [0.4, 0.5) is 0 Å². The lowest BCUT2D eigenvalue weighted by Crippen LogP contribution is -2.35. The molecule has 2 saturated carbocycles. The Morgan fingerprint density at radius 2 is 1.84 bits per heavy atom. The molecule has 134 valence electrons. The number of fused-ring (bicyclic) bond motifs is 2. The summed E-state index contributed by atoms with van der Waals surface area (Å²) < 4.78 is 5.41. The molecule has 4 rings (SSSR count). The summed E-state index contributed by atoms with van der Waals surface area (Å²) in [6.07, 6.45) is 4.34. The van der Waals surface area contributed by atoms with Crippen molar-refractivity contribution >= 4 is 11.9 Å². The highest BCUT2D eigenvalue weighted by Crippen LogP contribution is 2.65. The number of hydrogen-bond donors (Lipinski definition) is 0. The molecule has 1 aromatic rings. The van der Waals surface area contributed by atoms with Crippen LogP contribution in [0.3, 0.4) is 0 Å². The third kappa shape index (κ3) is 2.69. The molecule has 1 aromatic carbocycles. The molecule has 3 fully saturated rings. The summed E-state index contributed by atoms with van der Waals surface area (Å²) in [6, 6.07) is 8.73. The standard InChI is InChI=1S/C22H29NO2/c1-21(2)19-8-9-22(21,3)20(24)18(19)14-16-4-6-17(7-5-16)15-23-10-12-25-13-11-23/h4-7,14,19H,8-13,15H2,1-3H3/b18-14+. The fourth-order valence-electron chi connectivity index (χ4n) is 5.01. The molecule has 25 heavy (non-hydrogen) atoms. The third-order valence-corrected chi connectivity index (χ3v) is 7.18. The zero-order valence-corrected chi connectivity index (χ0v) is 15.7. The van der Waals surface area contributed by atoms with Gasteiger partial charge in [0, 0.05) is 25.0 Å². The van der Waals surface area contributed by atoms with E-state index in [0.717, 1.165) is 56.8 Å². The molecule has 2 unspecified atom stereocenters. The van der Waals surface area contributed by atoms with Gasteiger partial charge in [0.1, 0.15) is 0 Å². The van der Waals surface area contributed by atoms with E-state index in [1.807, 2.05) is 0 Å². The summed E-state index contributed by atoms with van der Waals surface area (Å²) in [5.74, 6) is 0.796. The lowest BCUT2D eigenvalue weighted by atomic mass is 9.70. The molecular weight excluding hydrogens is 310 g/mol. The number of Topliss-reactive ketones (excluding diaryl/α,β-unsaturated/α-hetero) is 1. The number of rotatable bonds is 3. The first kappa shape index (κ1) is 17.0. The summed E-state index contributed by atoms with van der Waals surface area (Å²) in [4.78, 5) is 15.4. The van der Waals surface area contributed by atoms with Crippen molar-refractivity contribution in [2.45, 2.75) is 40.2 Å². The molecule has 2 aliphatic carbocycles. The predicted molar refractivity (Wildman–Crippen MR) is 100 cm³/mol. The lowest BCUT2D eigenvalue weighted by Gasteiger charge is -2.31. The summed E-state index contributed by atoms with van der Waals surface area (Å²) in [5.41, 5.74) is 3.46. The van der Waals surface area contributed by atoms with E-state index in [-0.39, 0.29) is 10.8 Å². The van der Waals surface area contributed by atoms with E-state index in [4.69, 9.17) is 4.74 Å². The van der Waals surface area contributed by atoms with Crippen LogP contribution in [0.25, 0.3) is 6.08 Å². The van der Waals surface area contributed by atoms with Crippen LogP contribution in [0.2, 0.25) is 0 Å². The molecule has 1 aliphatic heterocycles. The fraction of sp³-hybridized carbons (Fsp3) is 0.591. The van der Waals surface area contributed by atoms with Crippen molar-refractivity contribution in [3.05, 3.63) is 41.0 Å². The SMILES string of the molecule is CC12CCC(/C(=C\c3ccc(CN4CCOCC4)cc3)C1=O)C2(C)C. The summed E-state index contributed by atoms with van der Waals surface area (Å²) in [7, 11) is 0. The van der Waals surface area contributed by atoms with E-state index in [9.17, 15) is 4.79 Å². The van der Waals surface area contributed by atoms with Gasteiger partial charge in [0.25, 0.3) is 0 Å². The Morgan fingerprint density at radius 1 is 1.16 bits per heavy atom. The van der Waals surface area contributed by atoms with Crippen molar-refractivity contribution in [3.8, 4) is 0 Å². The third-order valence-electron chi connectivity index (χ3n) is 7.18. The number of allylic oxidation sites excluding steroid dienone is 1. The highest BCUT2D eigenvalue weighted by atomic mass is 16.5. The first-order chi connectivity index (χ1) is 11.9. The Hall–Kier alpha value is -1.45. The van der Waals surface area contributed by atoms with Gasteiger partial charge in [0.15, 0.2) is 5.78 Å². The van der Waals surface area contributed by atoms with Gasteiger partial charge in [0.2, 0.25) is 0 Å². The van der Waals surface area contributed by atoms with Crippen molar-refractivity contribution in [3.63, 3.8) is 0 Å². The average Bonchev–Trinajstić information content (AvgIpc) is 2.91. The molecule has 0 radical (unpaired) electrons. The van der Waals surface area contributed by atoms with Gasteiger partial charge in [0.05, 0.1) is 13.2 Å². The second kappa shape index (κ2) is 6.07. The fourth-order valence-corrected chi connectivity index (χ4v) is 5.01. The number of nitrogens with zero attached hydrogens (tertiary/aromatic N) is 1. The molecule has 1 saturated heterocycles. The van der Waals surface area contributed by atoms with Crippen molar-refractivity contribution in [1.29, 1.82) is 0 Å². The first-order valence-electron chi connectivity index (χ1n) is 9.57. The Labute approximate surface area is 151 Å². The lowest BCUT2D eigenvalue weighted by molar-refractivity contribution is -0.125. The van der Waals surface area contributed by atoms with Crippen molar-refractivity contribution in [2.75, 3.05) is 26.3 Å². The number of carbonyl (C=O) groups is 1. The molecule has 0 amide bonds. The van der Waals surface area contributed by atoms with Crippen LogP contribution in [-0.4, -0.2) is 37.0 Å².